The van der Waals surface area contributed by atoms with Crippen molar-refractivity contribution in [3.63, 3.8) is 0 Å². The van der Waals surface area contributed by atoms with Crippen LogP contribution in [0.25, 0.3) is 0 Å². The quantitative estimate of drug-likeness (QED) is 0.588. The highest BCUT2D eigenvalue weighted by Gasteiger charge is 2.65. The van der Waals surface area contributed by atoms with Gasteiger partial charge in [-0.15, -0.1) is 0 Å². The van der Waals surface area contributed by atoms with Crippen LogP contribution < -0.4 is 10.2 Å². The highest BCUT2D eigenvalue weighted by atomic mass is 16.5. The van der Waals surface area contributed by atoms with Gasteiger partial charge in [0.15, 0.2) is 6.04 Å². The summed E-state index contributed by atoms with van der Waals surface area (Å²) < 4.78 is 10.6. The highest BCUT2D eigenvalue weighted by Crippen LogP contribution is 2.52. The molecule has 27 heavy (non-hydrogen) atoms. The molecule has 0 aromatic heterocycles. The van der Waals surface area contributed by atoms with E-state index in [4.69, 9.17) is 4.74 Å². The summed E-state index contributed by atoms with van der Waals surface area (Å²) in [7, 11) is 1.23. The molecule has 8 nitrogen and oxygen atoms in total. The number of fused-ring (bicyclic) bond motifs is 1. The number of amides is 2. The van der Waals surface area contributed by atoms with Gasteiger partial charge in [0.05, 0.1) is 18.8 Å². The van der Waals surface area contributed by atoms with E-state index in [1.165, 1.54) is 24.1 Å². The maximum Gasteiger partial charge on any atom is 0.325 e. The summed E-state index contributed by atoms with van der Waals surface area (Å²) in [5.74, 6) is -1.41. The summed E-state index contributed by atoms with van der Waals surface area (Å²) in [5.41, 5.74) is 0.473. The van der Waals surface area contributed by atoms with Crippen LogP contribution in [0.3, 0.4) is 0 Å². The molecular formula is C19H18N2O6. The van der Waals surface area contributed by atoms with Crippen molar-refractivity contribution in [2.45, 2.75) is 24.7 Å². The van der Waals surface area contributed by atoms with Crippen LogP contribution in [0, 0.1) is 0 Å². The number of carbonyl (C=O) groups excluding carboxylic acids is 3. The van der Waals surface area contributed by atoms with Crippen molar-refractivity contribution in [2.24, 2.45) is 0 Å². The Morgan fingerprint density at radius 3 is 2.70 bits per heavy atom. The van der Waals surface area contributed by atoms with Crippen molar-refractivity contribution in [3.8, 4) is 5.75 Å². The molecule has 3 aliphatic heterocycles. The molecule has 1 aromatic rings. The number of nitrogens with zero attached hydrogens (tertiary/aromatic N) is 1. The summed E-state index contributed by atoms with van der Waals surface area (Å²) in [6.45, 7) is 1.50. The smallest absolute Gasteiger partial charge is 0.325 e. The van der Waals surface area contributed by atoms with Crippen LogP contribution in [0.1, 0.15) is 6.92 Å². The minimum Gasteiger partial charge on any atom is -0.508 e. The summed E-state index contributed by atoms with van der Waals surface area (Å²) in [4.78, 5) is 39.0. The van der Waals surface area contributed by atoms with Gasteiger partial charge in [-0.05, 0) is 42.8 Å². The van der Waals surface area contributed by atoms with Crippen LogP contribution in [0.2, 0.25) is 0 Å². The molecule has 1 aromatic carbocycles. The topological polar surface area (TPSA) is 105 Å². The summed E-state index contributed by atoms with van der Waals surface area (Å²) >= 11 is 0. The minimum absolute atomic E-state index is 0.0444. The molecule has 140 valence electrons. The fourth-order valence-electron chi connectivity index (χ4n) is 3.92. The first kappa shape index (κ1) is 17.3. The van der Waals surface area contributed by atoms with Gasteiger partial charge in [-0.3, -0.25) is 19.3 Å². The number of carbonyl (C=O) groups is 3. The van der Waals surface area contributed by atoms with E-state index < -0.39 is 23.5 Å². The minimum atomic E-state index is -1.19. The Labute approximate surface area is 155 Å². The lowest BCUT2D eigenvalue weighted by Gasteiger charge is -2.31. The van der Waals surface area contributed by atoms with E-state index in [-0.39, 0.29) is 24.3 Å². The molecule has 1 saturated heterocycles. The molecule has 0 aliphatic carbocycles. The van der Waals surface area contributed by atoms with Crippen LogP contribution >= 0.6 is 0 Å². The van der Waals surface area contributed by atoms with Gasteiger partial charge in [0, 0.05) is 5.69 Å². The Kier molecular flexibility index (Phi) is 3.81. The Morgan fingerprint density at radius 1 is 1.33 bits per heavy atom. The van der Waals surface area contributed by atoms with Crippen LogP contribution in [-0.4, -0.2) is 54.3 Å². The second kappa shape index (κ2) is 5.95. The maximum absolute atomic E-state index is 13.2. The van der Waals surface area contributed by atoms with Gasteiger partial charge >= 0.3 is 5.97 Å². The van der Waals surface area contributed by atoms with Crippen molar-refractivity contribution in [2.75, 3.05) is 18.6 Å². The number of anilines is 1. The number of nitrogens with one attached hydrogen (secondary N) is 1. The van der Waals surface area contributed by atoms with Gasteiger partial charge in [-0.2, -0.15) is 0 Å². The van der Waals surface area contributed by atoms with Gasteiger partial charge < -0.3 is 19.9 Å². The lowest BCUT2D eigenvalue weighted by molar-refractivity contribution is -0.141. The maximum atomic E-state index is 13.2. The molecule has 1 fully saturated rings. The largest absolute Gasteiger partial charge is 0.508 e. The van der Waals surface area contributed by atoms with Crippen molar-refractivity contribution < 1.29 is 29.0 Å². The van der Waals surface area contributed by atoms with Crippen LogP contribution in [0.5, 0.6) is 5.75 Å². The zero-order valence-electron chi connectivity index (χ0n) is 14.8. The lowest BCUT2D eigenvalue weighted by atomic mass is 9.85. The first-order chi connectivity index (χ1) is 12.9. The Balaban J connectivity index is 1.77. The van der Waals surface area contributed by atoms with E-state index in [0.717, 1.165) is 5.57 Å². The van der Waals surface area contributed by atoms with Crippen molar-refractivity contribution in [1.82, 2.24) is 5.32 Å². The van der Waals surface area contributed by atoms with Crippen molar-refractivity contribution in [3.05, 3.63) is 47.6 Å². The van der Waals surface area contributed by atoms with Crippen LogP contribution in [0.4, 0.5) is 5.69 Å². The van der Waals surface area contributed by atoms with E-state index >= 15 is 0 Å². The summed E-state index contributed by atoms with van der Waals surface area (Å²) in [5, 5.41) is 12.1. The van der Waals surface area contributed by atoms with Crippen LogP contribution in [0.15, 0.2) is 47.6 Å². The van der Waals surface area contributed by atoms with Gasteiger partial charge in [0.1, 0.15) is 17.9 Å². The molecule has 3 atom stereocenters. The third kappa shape index (κ3) is 2.37. The zero-order chi connectivity index (χ0) is 19.3. The number of benzene rings is 1. The van der Waals surface area contributed by atoms with Crippen molar-refractivity contribution >= 4 is 23.5 Å². The molecule has 8 heteroatoms. The van der Waals surface area contributed by atoms with Gasteiger partial charge in [-0.25, -0.2) is 0 Å². The van der Waals surface area contributed by atoms with E-state index in [0.29, 0.717) is 11.3 Å². The van der Waals surface area contributed by atoms with Crippen LogP contribution in [-0.2, 0) is 23.9 Å². The Hall–Kier alpha value is -3.13. The standard InChI is InChI=1S/C19H18N2O6/c1-10-13-7-8-19(27-13)15(10)18(25)21(11-3-5-12(22)6-4-11)16(19)17(24)20-9-14(23)26-2/h3-8,13,16,22H,9H2,1-2H3,(H,20,24)/t13-,16-,19+/m1/s1. The number of hydrogen-bond donors (Lipinski definition) is 2. The predicted octanol–water partition coefficient (Wildman–Crippen LogP) is 0.420. The molecule has 2 amide bonds. The third-order valence-corrected chi connectivity index (χ3v) is 5.16. The molecule has 3 aliphatic rings. The Bertz CT molecular complexity index is 903. The lowest BCUT2D eigenvalue weighted by Crippen LogP contribution is -2.55. The molecule has 0 unspecified atom stereocenters. The molecular weight excluding hydrogens is 352 g/mol. The number of phenols is 1. The molecule has 0 saturated carbocycles. The van der Waals surface area contributed by atoms with E-state index in [1.807, 2.05) is 13.0 Å². The second-order valence-corrected chi connectivity index (χ2v) is 6.64. The Morgan fingerprint density at radius 2 is 2.04 bits per heavy atom. The molecule has 4 rings (SSSR count). The normalized spacial score (nSPS) is 27.9. The first-order valence-electron chi connectivity index (χ1n) is 8.44. The van der Waals surface area contributed by atoms with Gasteiger partial charge in [-0.1, -0.05) is 6.08 Å². The molecule has 2 N–H and O–H groups in total. The van der Waals surface area contributed by atoms with E-state index in [9.17, 15) is 19.5 Å². The predicted molar refractivity (Wildman–Crippen MR) is 93.9 cm³/mol. The summed E-state index contributed by atoms with van der Waals surface area (Å²) in [6.07, 6.45) is 3.23. The molecule has 1 spiro atoms. The number of methoxy groups -OCH3 is 1. The number of phenolic OH excluding ortho intramolecular Hbond substituents is 1. The van der Waals surface area contributed by atoms with E-state index in [2.05, 4.69) is 10.1 Å². The molecule has 2 bridgehead atoms. The highest BCUT2D eigenvalue weighted by molar-refractivity contribution is 6.18. The number of esters is 1. The number of rotatable bonds is 4. The number of aromatic hydroxyl groups is 1. The molecule has 3 heterocycles. The summed E-state index contributed by atoms with van der Waals surface area (Å²) in [6, 6.07) is 4.96. The average molecular weight is 370 g/mol. The van der Waals surface area contributed by atoms with Gasteiger partial charge in [0.25, 0.3) is 5.91 Å². The number of hydrogen-bond acceptors (Lipinski definition) is 6. The van der Waals surface area contributed by atoms with Gasteiger partial charge in [0.2, 0.25) is 5.91 Å². The number of ether oxygens (including phenoxy) is 2. The molecule has 0 radical (unpaired) electrons. The van der Waals surface area contributed by atoms with Crippen molar-refractivity contribution in [1.29, 1.82) is 0 Å². The monoisotopic (exact) mass is 370 g/mol. The second-order valence-electron chi connectivity index (χ2n) is 6.64. The fraction of sp³-hybridized carbons (Fsp3) is 0.316. The third-order valence-electron chi connectivity index (χ3n) is 5.16. The zero-order valence-corrected chi connectivity index (χ0v) is 14.8. The SMILES string of the molecule is COC(=O)CNC(=O)[C@H]1N(c2ccc(O)cc2)C(=O)C2=C(C)[C@H]3C=C[C@]21O3. The van der Waals surface area contributed by atoms with E-state index in [1.54, 1.807) is 18.2 Å². The fourth-order valence-corrected chi connectivity index (χ4v) is 3.92. The average Bonchev–Trinajstić information content (AvgIpc) is 3.28. The first-order valence-corrected chi connectivity index (χ1v) is 8.44.